The summed E-state index contributed by atoms with van der Waals surface area (Å²) in [6, 6.07) is 4.73. The first-order valence-corrected chi connectivity index (χ1v) is 8.97. The smallest absolute Gasteiger partial charge is 0.327 e. The largest absolute Gasteiger partial charge is 0.504 e. The highest BCUT2D eigenvalue weighted by Gasteiger charge is 2.42. The first kappa shape index (κ1) is 18.1. The number of allylic oxidation sites excluding steroid dienone is 2. The first-order valence-electron chi connectivity index (χ1n) is 8.97. The van der Waals surface area contributed by atoms with E-state index >= 15 is 0 Å². The summed E-state index contributed by atoms with van der Waals surface area (Å²) in [4.78, 5) is 42.4. The van der Waals surface area contributed by atoms with Gasteiger partial charge in [0, 0.05) is 23.6 Å². The predicted octanol–water partition coefficient (Wildman–Crippen LogP) is 1.98. The molecule has 28 heavy (non-hydrogen) atoms. The van der Waals surface area contributed by atoms with Crippen LogP contribution in [0.2, 0.25) is 0 Å². The molecule has 146 valence electrons. The molecule has 8 heteroatoms. The summed E-state index contributed by atoms with van der Waals surface area (Å²) >= 11 is 0. The second-order valence-corrected chi connectivity index (χ2v) is 8.02. The van der Waals surface area contributed by atoms with E-state index in [9.17, 15) is 19.5 Å². The van der Waals surface area contributed by atoms with E-state index < -0.39 is 17.2 Å². The Morgan fingerprint density at radius 2 is 1.89 bits per heavy atom. The normalized spacial score (nSPS) is 20.2. The number of ether oxygens (including phenoxy) is 1. The molecule has 1 atom stereocenters. The summed E-state index contributed by atoms with van der Waals surface area (Å²) in [6.45, 7) is 4.01. The minimum atomic E-state index is -0.676. The number of rotatable bonds is 2. The van der Waals surface area contributed by atoms with Gasteiger partial charge in [0.1, 0.15) is 5.82 Å². The Morgan fingerprint density at radius 3 is 2.61 bits per heavy atom. The zero-order valence-corrected chi connectivity index (χ0v) is 15.8. The van der Waals surface area contributed by atoms with Crippen LogP contribution in [0.25, 0.3) is 0 Å². The maximum atomic E-state index is 13.1. The number of anilines is 1. The van der Waals surface area contributed by atoms with Crippen LogP contribution >= 0.6 is 0 Å². The average Bonchev–Trinajstić information content (AvgIpc) is 2.59. The molecule has 8 nitrogen and oxygen atoms in total. The van der Waals surface area contributed by atoms with Gasteiger partial charge in [-0.3, -0.25) is 19.6 Å². The molecule has 0 fully saturated rings. The van der Waals surface area contributed by atoms with Crippen molar-refractivity contribution in [2.45, 2.75) is 32.6 Å². The number of H-pyrrole nitrogens is 2. The van der Waals surface area contributed by atoms with Crippen LogP contribution in [0.15, 0.2) is 39.1 Å². The van der Waals surface area contributed by atoms with Crippen LogP contribution in [0.5, 0.6) is 11.5 Å². The van der Waals surface area contributed by atoms with E-state index in [1.54, 1.807) is 12.1 Å². The van der Waals surface area contributed by atoms with Gasteiger partial charge >= 0.3 is 5.69 Å². The number of aromatic nitrogens is 2. The molecule has 0 unspecified atom stereocenters. The van der Waals surface area contributed by atoms with Gasteiger partial charge in [-0.15, -0.1) is 0 Å². The number of ketones is 1. The SMILES string of the molecule is COc1cc([C@H]2C3=C(CC(C)(C)CC3=O)Nc3[nH]c(=O)[nH]c(=O)c32)ccc1O. The number of Topliss-reactive ketones (excluding diaryl/α,β-unsaturated/α-hetero) is 1. The van der Waals surface area contributed by atoms with E-state index in [0.29, 0.717) is 29.7 Å². The van der Waals surface area contributed by atoms with Crippen molar-refractivity contribution in [2.75, 3.05) is 12.4 Å². The average molecular weight is 383 g/mol. The molecule has 0 bridgehead atoms. The number of phenolic OH excluding ortho intramolecular Hbond substituents is 1. The van der Waals surface area contributed by atoms with Crippen LogP contribution in [0.4, 0.5) is 5.82 Å². The van der Waals surface area contributed by atoms with E-state index in [1.807, 2.05) is 13.8 Å². The lowest BCUT2D eigenvalue weighted by Crippen LogP contribution is -2.38. The number of hydrogen-bond acceptors (Lipinski definition) is 6. The Bertz CT molecular complexity index is 1140. The summed E-state index contributed by atoms with van der Waals surface area (Å²) in [6.07, 6.45) is 0.962. The quantitative estimate of drug-likeness (QED) is 0.629. The van der Waals surface area contributed by atoms with Gasteiger partial charge in [0.15, 0.2) is 17.3 Å². The van der Waals surface area contributed by atoms with Gasteiger partial charge in [-0.05, 0) is 29.5 Å². The number of methoxy groups -OCH3 is 1. The van der Waals surface area contributed by atoms with Gasteiger partial charge in [0.25, 0.3) is 5.56 Å². The molecule has 4 rings (SSSR count). The van der Waals surface area contributed by atoms with Crippen molar-refractivity contribution in [1.29, 1.82) is 0 Å². The van der Waals surface area contributed by atoms with Gasteiger partial charge in [-0.2, -0.15) is 0 Å². The standard InChI is InChI=1S/C20H21N3O5/c1-20(2)7-10-15(12(25)8-20)14(9-4-5-11(24)13(6-9)28-3)16-17(21-10)22-19(27)23-18(16)26/h4-6,14,24H,7-8H2,1-3H3,(H3,21,22,23,26,27)/t14-/m0/s1. The summed E-state index contributed by atoms with van der Waals surface area (Å²) in [7, 11) is 1.43. The highest BCUT2D eigenvalue weighted by atomic mass is 16.5. The lowest BCUT2D eigenvalue weighted by atomic mass is 9.69. The number of benzene rings is 1. The summed E-state index contributed by atoms with van der Waals surface area (Å²) in [5.41, 5.74) is 0.675. The maximum absolute atomic E-state index is 13.1. The summed E-state index contributed by atoms with van der Waals surface area (Å²) in [5, 5.41) is 13.0. The molecule has 0 spiro atoms. The van der Waals surface area contributed by atoms with E-state index in [4.69, 9.17) is 4.74 Å². The molecule has 0 saturated heterocycles. The Labute approximate surface area is 160 Å². The molecule has 4 N–H and O–H groups in total. The third-order valence-electron chi connectivity index (χ3n) is 5.29. The summed E-state index contributed by atoms with van der Waals surface area (Å²) in [5.74, 6) is -0.239. The Hall–Kier alpha value is -3.29. The van der Waals surface area contributed by atoms with E-state index in [-0.39, 0.29) is 34.1 Å². The second kappa shape index (κ2) is 6.12. The van der Waals surface area contributed by atoms with Gasteiger partial charge in [-0.25, -0.2) is 4.79 Å². The van der Waals surface area contributed by atoms with Crippen LogP contribution < -0.4 is 21.3 Å². The molecule has 2 aromatic rings. The number of carbonyl (C=O) groups is 1. The molecule has 2 heterocycles. The van der Waals surface area contributed by atoms with E-state index in [1.165, 1.54) is 13.2 Å². The topological polar surface area (TPSA) is 124 Å². The fourth-order valence-electron chi connectivity index (χ4n) is 4.15. The Morgan fingerprint density at radius 1 is 1.14 bits per heavy atom. The molecular weight excluding hydrogens is 362 g/mol. The Kier molecular flexibility index (Phi) is 3.95. The molecule has 1 aromatic carbocycles. The minimum Gasteiger partial charge on any atom is -0.504 e. The first-order chi connectivity index (χ1) is 13.2. The van der Waals surface area contributed by atoms with Gasteiger partial charge < -0.3 is 15.2 Å². The van der Waals surface area contributed by atoms with Gasteiger partial charge in [0.05, 0.1) is 12.7 Å². The van der Waals surface area contributed by atoms with Crippen LogP contribution in [-0.2, 0) is 4.79 Å². The van der Waals surface area contributed by atoms with Gasteiger partial charge in [-0.1, -0.05) is 19.9 Å². The van der Waals surface area contributed by atoms with Crippen molar-refractivity contribution in [1.82, 2.24) is 9.97 Å². The van der Waals surface area contributed by atoms with Crippen LogP contribution in [-0.4, -0.2) is 28.0 Å². The molecule has 0 amide bonds. The molecule has 2 aliphatic rings. The fraction of sp³-hybridized carbons (Fsp3) is 0.350. The minimum absolute atomic E-state index is 0.0407. The van der Waals surface area contributed by atoms with Crippen molar-refractivity contribution in [3.8, 4) is 11.5 Å². The maximum Gasteiger partial charge on any atom is 0.327 e. The van der Waals surface area contributed by atoms with Crippen molar-refractivity contribution < 1.29 is 14.6 Å². The monoisotopic (exact) mass is 383 g/mol. The molecule has 1 aromatic heterocycles. The highest BCUT2D eigenvalue weighted by molar-refractivity contribution is 6.01. The third kappa shape index (κ3) is 2.81. The molecule has 1 aliphatic heterocycles. The highest BCUT2D eigenvalue weighted by Crippen LogP contribution is 2.48. The zero-order valence-electron chi connectivity index (χ0n) is 15.8. The molecule has 0 saturated carbocycles. The molecular formula is C20H21N3O5. The number of phenols is 1. The van der Waals surface area contributed by atoms with Crippen LogP contribution in [0.3, 0.4) is 0 Å². The number of carbonyl (C=O) groups excluding carboxylic acids is 1. The lowest BCUT2D eigenvalue weighted by Gasteiger charge is -2.38. The molecule has 0 radical (unpaired) electrons. The predicted molar refractivity (Wildman–Crippen MR) is 103 cm³/mol. The van der Waals surface area contributed by atoms with Crippen molar-refractivity contribution in [2.24, 2.45) is 5.41 Å². The van der Waals surface area contributed by atoms with Gasteiger partial charge in [0.2, 0.25) is 0 Å². The number of aromatic hydroxyl groups is 1. The molecule has 1 aliphatic carbocycles. The van der Waals surface area contributed by atoms with E-state index in [0.717, 1.165) is 0 Å². The number of fused-ring (bicyclic) bond motifs is 1. The second-order valence-electron chi connectivity index (χ2n) is 8.02. The number of nitrogens with one attached hydrogen (secondary N) is 3. The lowest BCUT2D eigenvalue weighted by molar-refractivity contribution is -0.118. The fourth-order valence-corrected chi connectivity index (χ4v) is 4.15. The van der Waals surface area contributed by atoms with Crippen molar-refractivity contribution >= 4 is 11.6 Å². The van der Waals surface area contributed by atoms with E-state index in [2.05, 4.69) is 15.3 Å². The third-order valence-corrected chi connectivity index (χ3v) is 5.29. The Balaban J connectivity index is 2.01. The van der Waals surface area contributed by atoms with Crippen molar-refractivity contribution in [3.05, 3.63) is 61.4 Å². The number of hydrogen-bond donors (Lipinski definition) is 4. The van der Waals surface area contributed by atoms with Crippen LogP contribution in [0.1, 0.15) is 43.7 Å². The summed E-state index contributed by atoms with van der Waals surface area (Å²) < 4.78 is 5.20. The van der Waals surface area contributed by atoms with Crippen molar-refractivity contribution in [3.63, 3.8) is 0 Å². The van der Waals surface area contributed by atoms with Crippen LogP contribution in [0, 0.1) is 5.41 Å². The number of aromatic amines is 2. The zero-order chi connectivity index (χ0) is 20.2.